The minimum Gasteiger partial charge on any atom is -0.288 e. The van der Waals surface area contributed by atoms with E-state index in [4.69, 9.17) is 0 Å². The summed E-state index contributed by atoms with van der Waals surface area (Å²) in [5, 5.41) is 1.63. The maximum Gasteiger partial charge on any atom is 0.419 e. The maximum atomic E-state index is 13.8. The van der Waals surface area contributed by atoms with Gasteiger partial charge in [-0.2, -0.15) is 13.2 Å². The molecule has 0 spiro atoms. The first-order chi connectivity index (χ1) is 8.82. The Kier molecular flexibility index (Phi) is 3.45. The number of rotatable bonds is 2. The molecular weight excluding hydrogens is 280 g/mol. The Labute approximate surface area is 110 Å². The number of hydrogen-bond donors (Lipinski definition) is 0. The van der Waals surface area contributed by atoms with Gasteiger partial charge in [-0.05, 0) is 36.1 Å². The van der Waals surface area contributed by atoms with Crippen molar-refractivity contribution in [1.82, 2.24) is 0 Å². The smallest absolute Gasteiger partial charge is 0.288 e. The molecule has 1 aromatic carbocycles. The first kappa shape index (κ1) is 13.7. The van der Waals surface area contributed by atoms with Gasteiger partial charge in [-0.3, -0.25) is 4.79 Å². The van der Waals surface area contributed by atoms with Gasteiger partial charge in [0, 0.05) is 0 Å². The van der Waals surface area contributed by atoms with Crippen LogP contribution in [0.4, 0.5) is 17.6 Å². The largest absolute Gasteiger partial charge is 0.419 e. The van der Waals surface area contributed by atoms with Gasteiger partial charge in [0.2, 0.25) is 5.78 Å². The van der Waals surface area contributed by atoms with Crippen LogP contribution in [0, 0.1) is 12.7 Å². The molecule has 19 heavy (non-hydrogen) atoms. The van der Waals surface area contributed by atoms with Crippen molar-refractivity contribution in [2.45, 2.75) is 13.1 Å². The Balaban J connectivity index is 2.53. The van der Waals surface area contributed by atoms with E-state index in [9.17, 15) is 22.4 Å². The number of aryl methyl sites for hydroxylation is 1. The van der Waals surface area contributed by atoms with Crippen LogP contribution >= 0.6 is 11.3 Å². The fourth-order valence-corrected chi connectivity index (χ4v) is 2.53. The van der Waals surface area contributed by atoms with Gasteiger partial charge in [-0.15, -0.1) is 11.3 Å². The first-order valence-electron chi connectivity index (χ1n) is 5.27. The van der Waals surface area contributed by atoms with Crippen LogP contribution in [0.3, 0.4) is 0 Å². The maximum absolute atomic E-state index is 13.8. The van der Waals surface area contributed by atoms with Crippen molar-refractivity contribution in [3.05, 3.63) is 57.0 Å². The van der Waals surface area contributed by atoms with Crippen molar-refractivity contribution >= 4 is 17.1 Å². The molecule has 0 bridgehead atoms. The number of benzene rings is 1. The average Bonchev–Trinajstić information content (AvgIpc) is 2.73. The monoisotopic (exact) mass is 288 g/mol. The highest BCUT2D eigenvalue weighted by atomic mass is 32.1. The number of thiophene rings is 1. The highest BCUT2D eigenvalue weighted by Gasteiger charge is 2.35. The Morgan fingerprint density at radius 3 is 2.42 bits per heavy atom. The molecule has 0 aliphatic heterocycles. The molecule has 6 heteroatoms. The van der Waals surface area contributed by atoms with Crippen molar-refractivity contribution in [2.24, 2.45) is 0 Å². The Morgan fingerprint density at radius 1 is 1.21 bits per heavy atom. The van der Waals surface area contributed by atoms with E-state index >= 15 is 0 Å². The van der Waals surface area contributed by atoms with Crippen LogP contribution in [0.25, 0.3) is 0 Å². The lowest BCUT2D eigenvalue weighted by Gasteiger charge is -2.10. The van der Waals surface area contributed by atoms with Crippen molar-refractivity contribution < 1.29 is 22.4 Å². The molecule has 1 aromatic heterocycles. The van der Waals surface area contributed by atoms with Gasteiger partial charge in [-0.25, -0.2) is 4.39 Å². The lowest BCUT2D eigenvalue weighted by molar-refractivity contribution is -0.140. The zero-order chi connectivity index (χ0) is 14.2. The van der Waals surface area contributed by atoms with E-state index in [1.165, 1.54) is 0 Å². The molecule has 0 aliphatic rings. The molecule has 0 fully saturated rings. The highest BCUT2D eigenvalue weighted by molar-refractivity contribution is 7.12. The van der Waals surface area contributed by atoms with Crippen molar-refractivity contribution in [3.8, 4) is 0 Å². The van der Waals surface area contributed by atoms with E-state index in [0.29, 0.717) is 11.6 Å². The zero-order valence-electron chi connectivity index (χ0n) is 9.72. The molecule has 0 radical (unpaired) electrons. The van der Waals surface area contributed by atoms with Crippen molar-refractivity contribution in [2.75, 3.05) is 0 Å². The summed E-state index contributed by atoms with van der Waals surface area (Å²) in [7, 11) is 0. The fourth-order valence-electron chi connectivity index (χ4n) is 1.65. The Bertz CT molecular complexity index is 628. The molecule has 1 heterocycles. The van der Waals surface area contributed by atoms with Crippen LogP contribution in [-0.2, 0) is 6.18 Å². The molecule has 2 rings (SSSR count). The Morgan fingerprint density at radius 2 is 1.89 bits per heavy atom. The quantitative estimate of drug-likeness (QED) is 0.589. The SMILES string of the molecule is Cc1ccsc1C(=O)c1cccc(C(F)(F)F)c1F. The molecule has 2 aromatic rings. The molecule has 0 amide bonds. The second-order valence-electron chi connectivity index (χ2n) is 3.93. The summed E-state index contributed by atoms with van der Waals surface area (Å²) in [6.45, 7) is 1.65. The van der Waals surface area contributed by atoms with Crippen LogP contribution in [-0.4, -0.2) is 5.78 Å². The second-order valence-corrected chi connectivity index (χ2v) is 4.84. The molecule has 100 valence electrons. The van der Waals surface area contributed by atoms with Crippen LogP contribution < -0.4 is 0 Å². The molecule has 0 saturated carbocycles. The van der Waals surface area contributed by atoms with E-state index < -0.39 is 28.9 Å². The first-order valence-corrected chi connectivity index (χ1v) is 6.15. The summed E-state index contributed by atoms with van der Waals surface area (Å²) in [6.07, 6.45) is -4.81. The molecule has 0 saturated heterocycles. The number of halogens is 4. The molecule has 0 aliphatic carbocycles. The second kappa shape index (κ2) is 4.77. The van der Waals surface area contributed by atoms with Gasteiger partial charge < -0.3 is 0 Å². The zero-order valence-corrected chi connectivity index (χ0v) is 10.5. The van der Waals surface area contributed by atoms with Gasteiger partial charge in [-0.1, -0.05) is 6.07 Å². The predicted octanol–water partition coefficient (Wildman–Crippen LogP) is 4.45. The molecule has 0 N–H and O–H groups in total. The summed E-state index contributed by atoms with van der Waals surface area (Å²) < 4.78 is 51.5. The minimum atomic E-state index is -4.81. The van der Waals surface area contributed by atoms with Crippen LogP contribution in [0.1, 0.15) is 26.4 Å². The van der Waals surface area contributed by atoms with E-state index in [0.717, 1.165) is 23.5 Å². The minimum absolute atomic E-state index is 0.248. The standard InChI is InChI=1S/C13H8F4OS/c1-7-5-6-19-12(7)11(18)8-3-2-4-9(10(8)14)13(15,16)17/h2-6H,1H3. The molecule has 0 atom stereocenters. The van der Waals surface area contributed by atoms with Gasteiger partial charge in [0.1, 0.15) is 5.82 Å². The van der Waals surface area contributed by atoms with E-state index in [-0.39, 0.29) is 4.88 Å². The van der Waals surface area contributed by atoms with Crippen molar-refractivity contribution in [1.29, 1.82) is 0 Å². The third-order valence-corrected chi connectivity index (χ3v) is 3.63. The van der Waals surface area contributed by atoms with E-state index in [2.05, 4.69) is 0 Å². The molecule has 1 nitrogen and oxygen atoms in total. The number of carbonyl (C=O) groups excluding carboxylic acids is 1. The number of carbonyl (C=O) groups is 1. The summed E-state index contributed by atoms with van der Waals surface area (Å²) in [5.74, 6) is -2.25. The summed E-state index contributed by atoms with van der Waals surface area (Å²) >= 11 is 1.08. The predicted molar refractivity (Wildman–Crippen MR) is 63.9 cm³/mol. The summed E-state index contributed by atoms with van der Waals surface area (Å²) in [5.41, 5.74) is -1.36. The van der Waals surface area contributed by atoms with Crippen LogP contribution in [0.15, 0.2) is 29.6 Å². The van der Waals surface area contributed by atoms with E-state index in [1.807, 2.05) is 0 Å². The highest BCUT2D eigenvalue weighted by Crippen LogP contribution is 2.33. The fraction of sp³-hybridized carbons (Fsp3) is 0.154. The third kappa shape index (κ3) is 2.53. The topological polar surface area (TPSA) is 17.1 Å². The Hall–Kier alpha value is -1.69. The van der Waals surface area contributed by atoms with E-state index in [1.54, 1.807) is 18.4 Å². The number of alkyl halides is 3. The van der Waals surface area contributed by atoms with Gasteiger partial charge in [0.25, 0.3) is 0 Å². The number of ketones is 1. The summed E-state index contributed by atoms with van der Waals surface area (Å²) in [4.78, 5) is 12.3. The van der Waals surface area contributed by atoms with Crippen LogP contribution in [0.5, 0.6) is 0 Å². The molecule has 0 unspecified atom stereocenters. The van der Waals surface area contributed by atoms with Gasteiger partial charge in [0.15, 0.2) is 0 Å². The lowest BCUT2D eigenvalue weighted by atomic mass is 10.0. The van der Waals surface area contributed by atoms with Crippen LogP contribution in [0.2, 0.25) is 0 Å². The van der Waals surface area contributed by atoms with Crippen molar-refractivity contribution in [3.63, 3.8) is 0 Å². The van der Waals surface area contributed by atoms with Gasteiger partial charge >= 0.3 is 6.18 Å². The molecular formula is C13H8F4OS. The van der Waals surface area contributed by atoms with Gasteiger partial charge in [0.05, 0.1) is 16.0 Å². The average molecular weight is 288 g/mol. The number of hydrogen-bond acceptors (Lipinski definition) is 2. The lowest BCUT2D eigenvalue weighted by Crippen LogP contribution is -2.12. The summed E-state index contributed by atoms with van der Waals surface area (Å²) in [6, 6.07) is 4.37. The normalized spacial score (nSPS) is 11.6. The third-order valence-electron chi connectivity index (χ3n) is 2.62.